The quantitative estimate of drug-likeness (QED) is 0.418. The van der Waals surface area contributed by atoms with Crippen molar-refractivity contribution in [3.05, 3.63) is 64.8 Å². The summed E-state index contributed by atoms with van der Waals surface area (Å²) in [5, 5.41) is 15.0. The zero-order valence-electron chi connectivity index (χ0n) is 11.2. The number of hydrogen-bond acceptors (Lipinski definition) is 5. The van der Waals surface area contributed by atoms with Crippen LogP contribution >= 0.6 is 0 Å². The van der Waals surface area contributed by atoms with E-state index >= 15 is 0 Å². The number of hydrogen-bond donors (Lipinski definition) is 0. The van der Waals surface area contributed by atoms with Gasteiger partial charge in [-0.2, -0.15) is 5.10 Å². The van der Waals surface area contributed by atoms with Crippen molar-refractivity contribution in [2.75, 3.05) is 0 Å². The molecular formula is C15H9N5O2. The molecule has 106 valence electrons. The van der Waals surface area contributed by atoms with Crippen LogP contribution < -0.4 is 0 Å². The van der Waals surface area contributed by atoms with E-state index in [4.69, 9.17) is 0 Å². The Morgan fingerprint density at radius 3 is 2.27 bits per heavy atom. The number of benzene rings is 2. The van der Waals surface area contributed by atoms with Crippen LogP contribution in [0.15, 0.2) is 54.7 Å². The molecule has 4 rings (SSSR count). The van der Waals surface area contributed by atoms with E-state index in [0.29, 0.717) is 16.9 Å². The number of nitro groups is 1. The molecule has 4 aromatic rings. The van der Waals surface area contributed by atoms with Gasteiger partial charge in [-0.1, -0.05) is 12.1 Å². The van der Waals surface area contributed by atoms with Crippen LogP contribution in [0.4, 0.5) is 5.69 Å². The second kappa shape index (κ2) is 4.59. The maximum atomic E-state index is 10.7. The third kappa shape index (κ3) is 1.87. The molecule has 0 unspecified atom stereocenters. The van der Waals surface area contributed by atoms with Gasteiger partial charge in [-0.3, -0.25) is 10.1 Å². The minimum Gasteiger partial charge on any atom is -0.258 e. The topological polar surface area (TPSA) is 86.7 Å². The SMILES string of the molecule is O=[N+]([O-])c1ccc(-n2ncc3nc4ccccc4nc32)cc1. The van der Waals surface area contributed by atoms with E-state index in [1.54, 1.807) is 23.0 Å². The number of fused-ring (bicyclic) bond motifs is 2. The van der Waals surface area contributed by atoms with E-state index in [1.807, 2.05) is 24.3 Å². The van der Waals surface area contributed by atoms with Gasteiger partial charge in [-0.25, -0.2) is 14.6 Å². The van der Waals surface area contributed by atoms with Crippen LogP contribution in [0.1, 0.15) is 0 Å². The molecule has 0 atom stereocenters. The minimum absolute atomic E-state index is 0.0387. The smallest absolute Gasteiger partial charge is 0.258 e. The summed E-state index contributed by atoms with van der Waals surface area (Å²) in [5.41, 5.74) is 3.61. The molecule has 0 fully saturated rings. The number of rotatable bonds is 2. The summed E-state index contributed by atoms with van der Waals surface area (Å²) in [6, 6.07) is 13.7. The molecule has 0 radical (unpaired) electrons. The summed E-state index contributed by atoms with van der Waals surface area (Å²) in [4.78, 5) is 19.4. The molecular weight excluding hydrogens is 282 g/mol. The molecule has 0 saturated heterocycles. The van der Waals surface area contributed by atoms with Crippen molar-refractivity contribution < 1.29 is 4.92 Å². The van der Waals surface area contributed by atoms with E-state index in [2.05, 4.69) is 15.1 Å². The lowest BCUT2D eigenvalue weighted by molar-refractivity contribution is -0.384. The number of non-ortho nitro benzene ring substituents is 1. The van der Waals surface area contributed by atoms with Crippen molar-refractivity contribution in [3.63, 3.8) is 0 Å². The summed E-state index contributed by atoms with van der Waals surface area (Å²) < 4.78 is 1.62. The third-order valence-corrected chi connectivity index (χ3v) is 3.38. The van der Waals surface area contributed by atoms with Crippen molar-refractivity contribution in [3.8, 4) is 5.69 Å². The summed E-state index contributed by atoms with van der Waals surface area (Å²) in [6.45, 7) is 0. The van der Waals surface area contributed by atoms with Gasteiger partial charge < -0.3 is 0 Å². The lowest BCUT2D eigenvalue weighted by Crippen LogP contribution is -1.98. The first-order chi connectivity index (χ1) is 10.7. The molecule has 0 aliphatic carbocycles. The maximum Gasteiger partial charge on any atom is 0.269 e. The van der Waals surface area contributed by atoms with Gasteiger partial charge in [-0.15, -0.1) is 0 Å². The Kier molecular flexibility index (Phi) is 2.59. The molecule has 0 spiro atoms. The third-order valence-electron chi connectivity index (χ3n) is 3.38. The van der Waals surface area contributed by atoms with E-state index < -0.39 is 4.92 Å². The lowest BCUT2D eigenvalue weighted by Gasteiger charge is -2.03. The van der Waals surface area contributed by atoms with E-state index in [1.165, 1.54) is 12.1 Å². The zero-order chi connectivity index (χ0) is 15.1. The van der Waals surface area contributed by atoms with Crippen LogP contribution in [-0.4, -0.2) is 24.7 Å². The maximum absolute atomic E-state index is 10.7. The molecule has 7 heteroatoms. The first-order valence-electron chi connectivity index (χ1n) is 6.58. The van der Waals surface area contributed by atoms with Gasteiger partial charge in [-0.05, 0) is 24.3 Å². The fraction of sp³-hybridized carbons (Fsp3) is 0. The minimum atomic E-state index is -0.432. The number of para-hydroxylation sites is 2. The van der Waals surface area contributed by atoms with Crippen LogP contribution in [0, 0.1) is 10.1 Å². The first kappa shape index (κ1) is 12.4. The summed E-state index contributed by atoms with van der Waals surface area (Å²) in [7, 11) is 0. The lowest BCUT2D eigenvalue weighted by atomic mass is 10.3. The second-order valence-electron chi connectivity index (χ2n) is 4.75. The van der Waals surface area contributed by atoms with Crippen molar-refractivity contribution in [1.29, 1.82) is 0 Å². The van der Waals surface area contributed by atoms with E-state index in [-0.39, 0.29) is 5.69 Å². The highest BCUT2D eigenvalue weighted by Gasteiger charge is 2.11. The molecule has 0 bridgehead atoms. The van der Waals surface area contributed by atoms with E-state index in [0.717, 1.165) is 11.0 Å². The Balaban J connectivity index is 1.91. The van der Waals surface area contributed by atoms with Crippen LogP contribution in [0.2, 0.25) is 0 Å². The monoisotopic (exact) mass is 291 g/mol. The zero-order valence-corrected chi connectivity index (χ0v) is 11.2. The molecule has 0 N–H and O–H groups in total. The fourth-order valence-corrected chi connectivity index (χ4v) is 2.32. The molecule has 2 aromatic heterocycles. The van der Waals surface area contributed by atoms with Gasteiger partial charge in [0.05, 0.1) is 27.8 Å². The highest BCUT2D eigenvalue weighted by atomic mass is 16.6. The summed E-state index contributed by atoms with van der Waals surface area (Å²) in [6.07, 6.45) is 1.64. The Morgan fingerprint density at radius 1 is 0.909 bits per heavy atom. The highest BCUT2D eigenvalue weighted by Crippen LogP contribution is 2.20. The number of aromatic nitrogens is 4. The first-order valence-corrected chi connectivity index (χ1v) is 6.58. The van der Waals surface area contributed by atoms with Crippen molar-refractivity contribution in [2.45, 2.75) is 0 Å². The Hall–Kier alpha value is -3.35. The van der Waals surface area contributed by atoms with Gasteiger partial charge >= 0.3 is 0 Å². The second-order valence-corrected chi connectivity index (χ2v) is 4.75. The largest absolute Gasteiger partial charge is 0.269 e. The fourth-order valence-electron chi connectivity index (χ4n) is 2.32. The number of nitrogens with zero attached hydrogens (tertiary/aromatic N) is 5. The van der Waals surface area contributed by atoms with Crippen LogP contribution in [0.25, 0.3) is 27.9 Å². The Labute approximate surface area is 124 Å². The molecule has 0 aliphatic heterocycles. The Bertz CT molecular complexity index is 1010. The van der Waals surface area contributed by atoms with Crippen molar-refractivity contribution in [1.82, 2.24) is 19.7 Å². The average molecular weight is 291 g/mol. The molecule has 0 aliphatic rings. The molecule has 0 amide bonds. The molecule has 2 heterocycles. The number of nitro benzene ring substituents is 1. The predicted molar refractivity (Wildman–Crippen MR) is 80.8 cm³/mol. The van der Waals surface area contributed by atoms with Crippen LogP contribution in [0.5, 0.6) is 0 Å². The average Bonchev–Trinajstić information content (AvgIpc) is 2.95. The highest BCUT2D eigenvalue weighted by molar-refractivity contribution is 5.84. The summed E-state index contributed by atoms with van der Waals surface area (Å²) >= 11 is 0. The van der Waals surface area contributed by atoms with Crippen molar-refractivity contribution in [2.24, 2.45) is 0 Å². The van der Waals surface area contributed by atoms with E-state index in [9.17, 15) is 10.1 Å². The van der Waals surface area contributed by atoms with Gasteiger partial charge in [0.15, 0.2) is 5.65 Å². The van der Waals surface area contributed by atoms with Gasteiger partial charge in [0.1, 0.15) is 5.52 Å². The normalized spacial score (nSPS) is 11.1. The van der Waals surface area contributed by atoms with Gasteiger partial charge in [0.25, 0.3) is 5.69 Å². The van der Waals surface area contributed by atoms with Crippen LogP contribution in [0.3, 0.4) is 0 Å². The predicted octanol–water partition coefficient (Wildman–Crippen LogP) is 2.88. The molecule has 0 saturated carbocycles. The molecule has 7 nitrogen and oxygen atoms in total. The van der Waals surface area contributed by atoms with Crippen LogP contribution in [-0.2, 0) is 0 Å². The van der Waals surface area contributed by atoms with Gasteiger partial charge in [0.2, 0.25) is 0 Å². The van der Waals surface area contributed by atoms with Crippen molar-refractivity contribution >= 4 is 27.9 Å². The molecule has 2 aromatic carbocycles. The summed E-state index contributed by atoms with van der Waals surface area (Å²) in [5.74, 6) is 0. The standard InChI is InChI=1S/C15H9N5O2/c21-20(22)11-7-5-10(6-8-11)19-15-14(9-16-19)17-12-3-1-2-4-13(12)18-15/h1-9H. The van der Waals surface area contributed by atoms with Gasteiger partial charge in [0, 0.05) is 12.1 Å². The molecule has 22 heavy (non-hydrogen) atoms. The Morgan fingerprint density at radius 2 is 1.59 bits per heavy atom.